The minimum absolute atomic E-state index is 0.108. The Balaban J connectivity index is 1.68. The molecule has 4 nitrogen and oxygen atoms in total. The van der Waals surface area contributed by atoms with Crippen molar-refractivity contribution in [1.82, 2.24) is 4.90 Å². The highest BCUT2D eigenvalue weighted by Gasteiger charge is 2.41. The molecule has 1 amide bonds. The molecule has 2 aliphatic rings. The molecule has 3 N–H and O–H groups in total. The molecule has 3 rings (SSSR count). The zero-order valence-corrected chi connectivity index (χ0v) is 11.9. The molecule has 1 saturated heterocycles. The normalized spacial score (nSPS) is 29.6. The molecule has 0 aromatic heterocycles. The SMILES string of the molecule is Cc1cc(C(N)=O)ccc1CN1CC2CCC(O)C2C1. The zero-order valence-electron chi connectivity index (χ0n) is 11.9. The fourth-order valence-electron chi connectivity index (χ4n) is 3.73. The molecule has 1 heterocycles. The van der Waals surface area contributed by atoms with Crippen LogP contribution in [0.25, 0.3) is 0 Å². The smallest absolute Gasteiger partial charge is 0.248 e. The lowest BCUT2D eigenvalue weighted by molar-refractivity contribution is 0.1000. The van der Waals surface area contributed by atoms with Gasteiger partial charge in [-0.05, 0) is 48.9 Å². The number of nitrogens with two attached hydrogens (primary N) is 1. The quantitative estimate of drug-likeness (QED) is 0.873. The van der Waals surface area contributed by atoms with Gasteiger partial charge in [-0.3, -0.25) is 9.69 Å². The minimum atomic E-state index is -0.376. The third-order valence-electron chi connectivity index (χ3n) is 4.92. The van der Waals surface area contributed by atoms with Crippen LogP contribution < -0.4 is 5.73 Å². The van der Waals surface area contributed by atoms with Gasteiger partial charge >= 0.3 is 0 Å². The van der Waals surface area contributed by atoms with Crippen molar-refractivity contribution in [3.63, 3.8) is 0 Å². The van der Waals surface area contributed by atoms with E-state index in [4.69, 9.17) is 5.73 Å². The summed E-state index contributed by atoms with van der Waals surface area (Å²) in [4.78, 5) is 13.6. The van der Waals surface area contributed by atoms with E-state index < -0.39 is 0 Å². The Bertz CT molecular complexity index is 529. The number of benzene rings is 1. The van der Waals surface area contributed by atoms with Gasteiger partial charge in [0.1, 0.15) is 0 Å². The van der Waals surface area contributed by atoms with Crippen LogP contribution in [0.2, 0.25) is 0 Å². The van der Waals surface area contributed by atoms with Gasteiger partial charge in [-0.1, -0.05) is 6.07 Å². The molecule has 3 atom stereocenters. The number of aryl methyl sites for hydroxylation is 1. The summed E-state index contributed by atoms with van der Waals surface area (Å²) in [6.07, 6.45) is 2.01. The van der Waals surface area contributed by atoms with E-state index in [2.05, 4.69) is 4.90 Å². The number of carbonyl (C=O) groups excluding carboxylic acids is 1. The van der Waals surface area contributed by atoms with Crippen molar-refractivity contribution in [2.75, 3.05) is 13.1 Å². The number of hydrogen-bond acceptors (Lipinski definition) is 3. The van der Waals surface area contributed by atoms with Crippen LogP contribution in [0.4, 0.5) is 0 Å². The molecule has 1 aromatic carbocycles. The molecule has 4 heteroatoms. The molecular formula is C16H22N2O2. The van der Waals surface area contributed by atoms with Crippen molar-refractivity contribution in [3.05, 3.63) is 34.9 Å². The van der Waals surface area contributed by atoms with Crippen LogP contribution >= 0.6 is 0 Å². The fourth-order valence-corrected chi connectivity index (χ4v) is 3.73. The van der Waals surface area contributed by atoms with Gasteiger partial charge in [0.05, 0.1) is 6.10 Å². The number of likely N-dealkylation sites (tertiary alicyclic amines) is 1. The van der Waals surface area contributed by atoms with Gasteiger partial charge in [-0.2, -0.15) is 0 Å². The number of rotatable bonds is 3. The molecule has 0 spiro atoms. The summed E-state index contributed by atoms with van der Waals surface area (Å²) in [6.45, 7) is 4.99. The molecule has 0 bridgehead atoms. The topological polar surface area (TPSA) is 66.6 Å². The summed E-state index contributed by atoms with van der Waals surface area (Å²) in [5.74, 6) is 0.744. The first kappa shape index (κ1) is 13.6. The first-order valence-electron chi connectivity index (χ1n) is 7.34. The molecule has 2 fully saturated rings. The van der Waals surface area contributed by atoms with Crippen LogP contribution in [0.3, 0.4) is 0 Å². The van der Waals surface area contributed by atoms with Gasteiger partial charge in [0.15, 0.2) is 0 Å². The van der Waals surface area contributed by atoms with E-state index in [0.29, 0.717) is 17.4 Å². The highest BCUT2D eigenvalue weighted by Crippen LogP contribution is 2.38. The van der Waals surface area contributed by atoms with Crippen molar-refractivity contribution in [1.29, 1.82) is 0 Å². The number of amides is 1. The van der Waals surface area contributed by atoms with Gasteiger partial charge in [-0.25, -0.2) is 0 Å². The lowest BCUT2D eigenvalue weighted by Gasteiger charge is -2.19. The second-order valence-electron chi connectivity index (χ2n) is 6.27. The van der Waals surface area contributed by atoms with Crippen molar-refractivity contribution >= 4 is 5.91 Å². The lowest BCUT2D eigenvalue weighted by Crippen LogP contribution is -2.24. The lowest BCUT2D eigenvalue weighted by atomic mass is 10.00. The minimum Gasteiger partial charge on any atom is -0.393 e. The molecular weight excluding hydrogens is 252 g/mol. The average Bonchev–Trinajstić information content (AvgIpc) is 2.94. The predicted molar refractivity (Wildman–Crippen MR) is 77.2 cm³/mol. The Morgan fingerprint density at radius 2 is 2.20 bits per heavy atom. The van der Waals surface area contributed by atoms with E-state index in [1.165, 1.54) is 5.56 Å². The number of fused-ring (bicyclic) bond motifs is 1. The molecule has 3 unspecified atom stereocenters. The average molecular weight is 274 g/mol. The van der Waals surface area contributed by atoms with E-state index in [9.17, 15) is 9.90 Å². The van der Waals surface area contributed by atoms with Gasteiger partial charge < -0.3 is 10.8 Å². The monoisotopic (exact) mass is 274 g/mol. The maximum Gasteiger partial charge on any atom is 0.248 e. The Labute approximate surface area is 119 Å². The fraction of sp³-hybridized carbons (Fsp3) is 0.562. The largest absolute Gasteiger partial charge is 0.393 e. The molecule has 1 saturated carbocycles. The molecule has 1 aromatic rings. The van der Waals surface area contributed by atoms with Crippen LogP contribution in [0.1, 0.15) is 34.3 Å². The van der Waals surface area contributed by atoms with Crippen molar-refractivity contribution < 1.29 is 9.90 Å². The number of aliphatic hydroxyl groups is 1. The van der Waals surface area contributed by atoms with Crippen LogP contribution in [-0.4, -0.2) is 35.1 Å². The first-order valence-corrected chi connectivity index (χ1v) is 7.34. The highest BCUT2D eigenvalue weighted by molar-refractivity contribution is 5.93. The third-order valence-corrected chi connectivity index (χ3v) is 4.92. The molecule has 0 radical (unpaired) electrons. The molecule has 20 heavy (non-hydrogen) atoms. The number of primary amides is 1. The van der Waals surface area contributed by atoms with Gasteiger partial charge in [0.25, 0.3) is 0 Å². The Morgan fingerprint density at radius 1 is 1.40 bits per heavy atom. The van der Waals surface area contributed by atoms with Gasteiger partial charge in [0.2, 0.25) is 5.91 Å². The number of carbonyl (C=O) groups is 1. The summed E-state index contributed by atoms with van der Waals surface area (Å²) < 4.78 is 0. The Hall–Kier alpha value is -1.39. The van der Waals surface area contributed by atoms with Gasteiger partial charge in [-0.15, -0.1) is 0 Å². The summed E-state index contributed by atoms with van der Waals surface area (Å²) in [7, 11) is 0. The van der Waals surface area contributed by atoms with E-state index >= 15 is 0 Å². The molecule has 1 aliphatic carbocycles. The highest BCUT2D eigenvalue weighted by atomic mass is 16.3. The van der Waals surface area contributed by atoms with Crippen molar-refractivity contribution in [2.45, 2.75) is 32.4 Å². The second-order valence-corrected chi connectivity index (χ2v) is 6.27. The maximum absolute atomic E-state index is 11.2. The van der Waals surface area contributed by atoms with E-state index in [0.717, 1.165) is 38.0 Å². The van der Waals surface area contributed by atoms with E-state index in [1.54, 1.807) is 6.07 Å². The standard InChI is InChI=1S/C16H22N2O2/c1-10-6-11(16(17)20)2-3-12(10)7-18-8-13-4-5-15(19)14(13)9-18/h2-3,6,13-15,19H,4-5,7-9H2,1H3,(H2,17,20). The van der Waals surface area contributed by atoms with E-state index in [-0.39, 0.29) is 12.0 Å². The summed E-state index contributed by atoms with van der Waals surface area (Å²) >= 11 is 0. The Morgan fingerprint density at radius 3 is 2.85 bits per heavy atom. The number of nitrogens with zero attached hydrogens (tertiary/aromatic N) is 1. The van der Waals surface area contributed by atoms with Crippen LogP contribution in [0.15, 0.2) is 18.2 Å². The van der Waals surface area contributed by atoms with Crippen LogP contribution in [0.5, 0.6) is 0 Å². The Kier molecular flexibility index (Phi) is 3.52. The van der Waals surface area contributed by atoms with Crippen molar-refractivity contribution in [3.8, 4) is 0 Å². The van der Waals surface area contributed by atoms with Crippen LogP contribution in [-0.2, 0) is 6.54 Å². The third kappa shape index (κ3) is 2.45. The first-order chi connectivity index (χ1) is 9.54. The summed E-state index contributed by atoms with van der Waals surface area (Å²) in [5, 5.41) is 9.96. The summed E-state index contributed by atoms with van der Waals surface area (Å²) in [6, 6.07) is 5.67. The second kappa shape index (κ2) is 5.19. The molecule has 108 valence electrons. The summed E-state index contributed by atoms with van der Waals surface area (Å²) in [5.41, 5.74) is 8.22. The van der Waals surface area contributed by atoms with Crippen molar-refractivity contribution in [2.24, 2.45) is 17.6 Å². The molecule has 1 aliphatic heterocycles. The number of hydrogen-bond donors (Lipinski definition) is 2. The number of aliphatic hydroxyl groups excluding tert-OH is 1. The van der Waals surface area contributed by atoms with E-state index in [1.807, 2.05) is 19.1 Å². The predicted octanol–water partition coefficient (Wildman–Crippen LogP) is 1.30. The van der Waals surface area contributed by atoms with Gasteiger partial charge in [0, 0.05) is 31.1 Å². The maximum atomic E-state index is 11.2. The van der Waals surface area contributed by atoms with Crippen LogP contribution in [0, 0.1) is 18.8 Å². The zero-order chi connectivity index (χ0) is 14.3.